The molecule has 1 atom stereocenters. The van der Waals surface area contributed by atoms with Crippen LogP contribution in [-0.4, -0.2) is 43.5 Å². The van der Waals surface area contributed by atoms with Crippen molar-refractivity contribution >= 4 is 39.6 Å². The van der Waals surface area contributed by atoms with Crippen molar-refractivity contribution in [3.63, 3.8) is 0 Å². The van der Waals surface area contributed by atoms with Crippen molar-refractivity contribution in [2.75, 3.05) is 23.7 Å². The van der Waals surface area contributed by atoms with Crippen LogP contribution in [0.15, 0.2) is 67.0 Å². The van der Waals surface area contributed by atoms with E-state index in [4.69, 9.17) is 11.6 Å². The molecule has 12 heteroatoms. The number of hydrogen-bond donors (Lipinski definition) is 2. The van der Waals surface area contributed by atoms with Crippen molar-refractivity contribution in [2.24, 2.45) is 0 Å². The molecule has 0 aliphatic carbocycles. The van der Waals surface area contributed by atoms with Gasteiger partial charge in [-0.05, 0) is 51.3 Å². The first-order valence-electron chi connectivity index (χ1n) is 14.9. The Morgan fingerprint density at radius 3 is 2.35 bits per heavy atom. The number of nitrogens with one attached hydrogen (secondary N) is 2. The first-order valence-corrected chi connectivity index (χ1v) is 15.3. The van der Waals surface area contributed by atoms with Crippen LogP contribution in [0.2, 0.25) is 5.02 Å². The van der Waals surface area contributed by atoms with Crippen LogP contribution >= 0.6 is 11.6 Å². The van der Waals surface area contributed by atoms with Crippen LogP contribution in [0, 0.1) is 28.8 Å². The highest BCUT2D eigenvalue weighted by Crippen LogP contribution is 2.38. The molecule has 2 aromatic heterocycles. The number of anilines is 3. The van der Waals surface area contributed by atoms with Gasteiger partial charge in [-0.15, -0.1) is 5.10 Å². The van der Waals surface area contributed by atoms with Gasteiger partial charge in [0.25, 0.3) is 0 Å². The third-order valence-electron chi connectivity index (χ3n) is 8.36. The number of fused-ring (bicyclic) bond motifs is 1. The number of pyridine rings is 1. The van der Waals surface area contributed by atoms with Gasteiger partial charge >= 0.3 is 0 Å². The van der Waals surface area contributed by atoms with Crippen molar-refractivity contribution in [1.29, 1.82) is 5.26 Å². The van der Waals surface area contributed by atoms with Gasteiger partial charge in [0.1, 0.15) is 23.3 Å². The molecule has 236 valence electrons. The number of rotatable bonds is 7. The summed E-state index contributed by atoms with van der Waals surface area (Å²) in [7, 11) is 0. The summed E-state index contributed by atoms with van der Waals surface area (Å²) < 4.78 is 44.9. The molecule has 1 fully saturated rings. The van der Waals surface area contributed by atoms with Crippen molar-refractivity contribution < 1.29 is 13.2 Å². The summed E-state index contributed by atoms with van der Waals surface area (Å²) >= 11 is 6.69. The van der Waals surface area contributed by atoms with E-state index in [9.17, 15) is 18.4 Å². The molecule has 1 aliphatic rings. The third-order valence-corrected chi connectivity index (χ3v) is 8.65. The Bertz CT molecular complexity index is 1900. The normalized spacial score (nSPS) is 15.1. The maximum atomic E-state index is 14.6. The first kappa shape index (κ1) is 31.3. The number of aromatic nitrogens is 4. The van der Waals surface area contributed by atoms with E-state index in [0.717, 1.165) is 31.5 Å². The fourth-order valence-corrected chi connectivity index (χ4v) is 6.16. The minimum atomic E-state index is -1.15. The molecule has 3 heterocycles. The Morgan fingerprint density at radius 1 is 1.00 bits per heavy atom. The number of likely N-dealkylation sites (tertiary alicyclic amines) is 1. The second kappa shape index (κ2) is 12.6. The molecule has 3 aromatic carbocycles. The van der Waals surface area contributed by atoms with Crippen LogP contribution in [0.3, 0.4) is 0 Å². The molecule has 8 nitrogen and oxygen atoms in total. The highest BCUT2D eigenvalue weighted by atomic mass is 35.5. The molecule has 0 spiro atoms. The Hall–Kier alpha value is -4.66. The average Bonchev–Trinajstić information content (AvgIpc) is 3.52. The molecule has 0 radical (unpaired) electrons. The molecule has 1 saturated heterocycles. The van der Waals surface area contributed by atoms with Crippen molar-refractivity contribution in [2.45, 2.75) is 51.2 Å². The standard InChI is InChI=1S/C34H32ClF3N8/c1-34(2,3)45-11-9-24(10-12-45)46-19-29(43-44-46)31(20-7-5-4-6-8-20)41-23-15-25-30(21(17-39)18-40-32(25)26(35)16-23)42-33-27(37)13-22(36)14-28(33)38/h4-8,13-16,18-19,24,31,41H,9-12H2,1-3H3,(H,40,42)/t31-/m0/s1. The second-order valence-electron chi connectivity index (χ2n) is 12.4. The lowest BCUT2D eigenvalue weighted by Crippen LogP contribution is -2.46. The number of benzene rings is 3. The van der Waals surface area contributed by atoms with Crippen molar-refractivity contribution in [3.05, 3.63) is 106 Å². The SMILES string of the molecule is CC(C)(C)N1CCC(n2cc([C@@H](Nc3cc(Cl)c4ncc(C#N)c(Nc5c(F)cc(F)cc5F)c4c3)c3ccccc3)nn2)CC1. The van der Waals surface area contributed by atoms with Gasteiger partial charge in [-0.3, -0.25) is 9.88 Å². The summed E-state index contributed by atoms with van der Waals surface area (Å²) in [6.45, 7) is 8.63. The monoisotopic (exact) mass is 644 g/mol. The average molecular weight is 645 g/mol. The van der Waals surface area contributed by atoms with Crippen LogP contribution in [0.25, 0.3) is 10.9 Å². The van der Waals surface area contributed by atoms with Gasteiger partial charge in [0.05, 0.1) is 40.1 Å². The van der Waals surface area contributed by atoms with Crippen LogP contribution in [0.4, 0.5) is 30.2 Å². The maximum absolute atomic E-state index is 14.6. The van der Waals surface area contributed by atoms with E-state index in [1.54, 1.807) is 12.1 Å². The molecule has 2 N–H and O–H groups in total. The Balaban J connectivity index is 1.36. The lowest BCUT2D eigenvalue weighted by molar-refractivity contribution is 0.0866. The van der Waals surface area contributed by atoms with E-state index in [-0.39, 0.29) is 27.9 Å². The van der Waals surface area contributed by atoms with Crippen molar-refractivity contribution in [3.8, 4) is 6.07 Å². The largest absolute Gasteiger partial charge is 0.373 e. The van der Waals surface area contributed by atoms with Gasteiger partial charge in [0, 0.05) is 48.0 Å². The van der Waals surface area contributed by atoms with Gasteiger partial charge in [0.15, 0.2) is 11.6 Å². The zero-order chi connectivity index (χ0) is 32.6. The van der Waals surface area contributed by atoms with Crippen LogP contribution in [0.1, 0.15) is 62.5 Å². The summed E-state index contributed by atoms with van der Waals surface area (Å²) in [5, 5.41) is 25.7. The summed E-state index contributed by atoms with van der Waals surface area (Å²) in [4.78, 5) is 6.81. The maximum Gasteiger partial charge on any atom is 0.152 e. The van der Waals surface area contributed by atoms with E-state index in [1.807, 2.05) is 47.3 Å². The summed E-state index contributed by atoms with van der Waals surface area (Å²) in [5.41, 5.74) is 2.06. The van der Waals surface area contributed by atoms with Gasteiger partial charge in [0.2, 0.25) is 0 Å². The van der Waals surface area contributed by atoms with Crippen molar-refractivity contribution in [1.82, 2.24) is 24.9 Å². The second-order valence-corrected chi connectivity index (χ2v) is 12.8. The molecule has 0 amide bonds. The number of nitriles is 1. The van der Waals surface area contributed by atoms with Gasteiger partial charge in [-0.2, -0.15) is 5.26 Å². The first-order chi connectivity index (χ1) is 22.0. The molecule has 1 aliphatic heterocycles. The number of piperidine rings is 1. The Morgan fingerprint density at radius 2 is 1.70 bits per heavy atom. The van der Waals surface area contributed by atoms with Gasteiger partial charge < -0.3 is 10.6 Å². The predicted octanol–water partition coefficient (Wildman–Crippen LogP) is 8.15. The zero-order valence-corrected chi connectivity index (χ0v) is 26.3. The quantitative estimate of drug-likeness (QED) is 0.185. The lowest BCUT2D eigenvalue weighted by Gasteiger charge is -2.40. The summed E-state index contributed by atoms with van der Waals surface area (Å²) in [6, 6.07) is 16.0. The molecule has 0 bridgehead atoms. The van der Waals surface area contributed by atoms with Gasteiger partial charge in [-0.1, -0.05) is 47.1 Å². The molecule has 0 saturated carbocycles. The van der Waals surface area contributed by atoms with E-state index in [0.29, 0.717) is 34.4 Å². The van der Waals surface area contributed by atoms with Crippen LogP contribution < -0.4 is 10.6 Å². The molecule has 0 unspecified atom stereocenters. The van der Waals surface area contributed by atoms with Crippen LogP contribution in [0.5, 0.6) is 0 Å². The summed E-state index contributed by atoms with van der Waals surface area (Å²) in [6.07, 6.45) is 5.15. The molecular formula is C34H32ClF3N8. The van der Waals surface area contributed by atoms with E-state index in [2.05, 4.69) is 51.6 Å². The minimum absolute atomic E-state index is 0.0175. The van der Waals surface area contributed by atoms with Crippen LogP contribution in [-0.2, 0) is 0 Å². The van der Waals surface area contributed by atoms with E-state index in [1.165, 1.54) is 6.20 Å². The molecule has 6 rings (SSSR count). The Labute approximate surface area is 269 Å². The fraction of sp³-hybridized carbons (Fsp3) is 0.294. The predicted molar refractivity (Wildman–Crippen MR) is 173 cm³/mol. The molecular weight excluding hydrogens is 613 g/mol. The number of halogens is 4. The smallest absolute Gasteiger partial charge is 0.152 e. The van der Waals surface area contributed by atoms with Gasteiger partial charge in [-0.25, -0.2) is 17.9 Å². The molecule has 5 aromatic rings. The lowest BCUT2D eigenvalue weighted by atomic mass is 9.98. The van der Waals surface area contributed by atoms with E-state index < -0.39 is 29.2 Å². The Kier molecular flexibility index (Phi) is 8.59. The topological polar surface area (TPSA) is 94.7 Å². The fourth-order valence-electron chi connectivity index (χ4n) is 5.89. The minimum Gasteiger partial charge on any atom is -0.373 e. The highest BCUT2D eigenvalue weighted by Gasteiger charge is 2.29. The number of hydrogen-bond acceptors (Lipinski definition) is 7. The van der Waals surface area contributed by atoms with E-state index >= 15 is 0 Å². The number of nitrogens with zero attached hydrogens (tertiary/aromatic N) is 6. The zero-order valence-electron chi connectivity index (χ0n) is 25.5. The summed E-state index contributed by atoms with van der Waals surface area (Å²) in [5.74, 6) is -3.36. The third kappa shape index (κ3) is 6.36. The highest BCUT2D eigenvalue weighted by molar-refractivity contribution is 6.36. The molecule has 46 heavy (non-hydrogen) atoms.